The van der Waals surface area contributed by atoms with Gasteiger partial charge in [0.25, 0.3) is 5.91 Å². The Morgan fingerprint density at radius 3 is 2.50 bits per heavy atom. The molecular weight excluding hydrogens is 256 g/mol. The molecule has 1 aromatic carbocycles. The summed E-state index contributed by atoms with van der Waals surface area (Å²) >= 11 is 0. The van der Waals surface area contributed by atoms with E-state index < -0.39 is 0 Å². The lowest BCUT2D eigenvalue weighted by atomic mass is 10.2. The molecule has 20 heavy (non-hydrogen) atoms. The van der Waals surface area contributed by atoms with Crippen LogP contribution in [0.1, 0.15) is 26.2 Å². The van der Waals surface area contributed by atoms with Gasteiger partial charge in [0.05, 0.1) is 6.54 Å². The zero-order valence-electron chi connectivity index (χ0n) is 11.9. The van der Waals surface area contributed by atoms with Crippen LogP contribution in [0.2, 0.25) is 0 Å². The van der Waals surface area contributed by atoms with E-state index in [9.17, 15) is 9.59 Å². The molecule has 0 saturated heterocycles. The van der Waals surface area contributed by atoms with E-state index in [4.69, 9.17) is 4.74 Å². The van der Waals surface area contributed by atoms with E-state index in [1.54, 1.807) is 12.1 Å². The number of carbonyl (C=O) groups excluding carboxylic acids is 2. The van der Waals surface area contributed by atoms with Crippen molar-refractivity contribution in [2.24, 2.45) is 0 Å². The quantitative estimate of drug-likeness (QED) is 0.672. The van der Waals surface area contributed by atoms with Crippen LogP contribution in [0.4, 0.5) is 0 Å². The predicted octanol–water partition coefficient (Wildman–Crippen LogP) is 1.49. The highest BCUT2D eigenvalue weighted by molar-refractivity contribution is 5.85. The molecule has 2 N–H and O–H groups in total. The first kappa shape index (κ1) is 16.0. The van der Waals surface area contributed by atoms with Crippen molar-refractivity contribution in [1.82, 2.24) is 10.6 Å². The molecule has 1 rings (SSSR count). The SMILES string of the molecule is CCCCCNC(=O)CNC(=O)COc1ccccc1. The average Bonchev–Trinajstić information content (AvgIpc) is 2.48. The molecule has 0 aliphatic carbocycles. The maximum Gasteiger partial charge on any atom is 0.258 e. The molecule has 0 bridgehead atoms. The number of rotatable bonds is 9. The first-order chi connectivity index (χ1) is 9.72. The van der Waals surface area contributed by atoms with Crippen molar-refractivity contribution in [2.75, 3.05) is 19.7 Å². The zero-order valence-corrected chi connectivity index (χ0v) is 11.9. The molecule has 0 saturated carbocycles. The molecule has 0 unspecified atom stereocenters. The Morgan fingerprint density at radius 1 is 1.05 bits per heavy atom. The van der Waals surface area contributed by atoms with Gasteiger partial charge in [0.15, 0.2) is 6.61 Å². The molecule has 1 aromatic rings. The standard InChI is InChI=1S/C15H22N2O3/c1-2-3-7-10-16-14(18)11-17-15(19)12-20-13-8-5-4-6-9-13/h4-6,8-9H,2-3,7,10-12H2,1H3,(H,16,18)(H,17,19). The van der Waals surface area contributed by atoms with Gasteiger partial charge in [-0.15, -0.1) is 0 Å². The fourth-order valence-electron chi connectivity index (χ4n) is 1.56. The first-order valence-electron chi connectivity index (χ1n) is 6.93. The molecule has 5 nitrogen and oxygen atoms in total. The lowest BCUT2D eigenvalue weighted by molar-refractivity contribution is -0.127. The van der Waals surface area contributed by atoms with Crippen molar-refractivity contribution < 1.29 is 14.3 Å². The van der Waals surface area contributed by atoms with Gasteiger partial charge in [-0.1, -0.05) is 38.0 Å². The summed E-state index contributed by atoms with van der Waals surface area (Å²) in [6, 6.07) is 9.07. The number of hydrogen-bond acceptors (Lipinski definition) is 3. The lowest BCUT2D eigenvalue weighted by Gasteiger charge is -2.08. The van der Waals surface area contributed by atoms with Crippen LogP contribution >= 0.6 is 0 Å². The van der Waals surface area contributed by atoms with Crippen LogP contribution < -0.4 is 15.4 Å². The number of nitrogens with one attached hydrogen (secondary N) is 2. The van der Waals surface area contributed by atoms with E-state index in [1.807, 2.05) is 18.2 Å². The Hall–Kier alpha value is -2.04. The van der Waals surface area contributed by atoms with Gasteiger partial charge in [0, 0.05) is 6.54 Å². The van der Waals surface area contributed by atoms with Gasteiger partial charge in [0.1, 0.15) is 5.75 Å². The summed E-state index contributed by atoms with van der Waals surface area (Å²) in [7, 11) is 0. The minimum absolute atomic E-state index is 0.0108. The third-order valence-corrected chi connectivity index (χ3v) is 2.66. The molecule has 0 fully saturated rings. The van der Waals surface area contributed by atoms with E-state index in [0.717, 1.165) is 19.3 Å². The third-order valence-electron chi connectivity index (χ3n) is 2.66. The molecule has 0 spiro atoms. The molecule has 2 amide bonds. The Bertz CT molecular complexity index is 407. The molecule has 5 heteroatoms. The van der Waals surface area contributed by atoms with Crippen molar-refractivity contribution in [3.63, 3.8) is 0 Å². The predicted molar refractivity (Wildman–Crippen MR) is 77.5 cm³/mol. The molecular formula is C15H22N2O3. The van der Waals surface area contributed by atoms with Gasteiger partial charge >= 0.3 is 0 Å². The number of ether oxygens (including phenoxy) is 1. The van der Waals surface area contributed by atoms with Crippen molar-refractivity contribution in [1.29, 1.82) is 0 Å². The fraction of sp³-hybridized carbons (Fsp3) is 0.467. The molecule has 0 aromatic heterocycles. The van der Waals surface area contributed by atoms with E-state index >= 15 is 0 Å². The van der Waals surface area contributed by atoms with Gasteiger partial charge in [-0.05, 0) is 18.6 Å². The summed E-state index contributed by atoms with van der Waals surface area (Å²) in [5, 5.41) is 5.27. The topological polar surface area (TPSA) is 67.4 Å². The van der Waals surface area contributed by atoms with E-state index in [-0.39, 0.29) is 25.0 Å². The van der Waals surface area contributed by atoms with E-state index in [0.29, 0.717) is 12.3 Å². The first-order valence-corrected chi connectivity index (χ1v) is 6.93. The van der Waals surface area contributed by atoms with Crippen LogP contribution in [-0.2, 0) is 9.59 Å². The van der Waals surface area contributed by atoms with Crippen molar-refractivity contribution in [3.8, 4) is 5.75 Å². The summed E-state index contributed by atoms with van der Waals surface area (Å²) in [6.45, 7) is 2.66. The van der Waals surface area contributed by atoms with Gasteiger partial charge in [-0.3, -0.25) is 9.59 Å². The highest BCUT2D eigenvalue weighted by atomic mass is 16.5. The van der Waals surface area contributed by atoms with Crippen molar-refractivity contribution in [3.05, 3.63) is 30.3 Å². The van der Waals surface area contributed by atoms with Gasteiger partial charge in [-0.25, -0.2) is 0 Å². The number of hydrogen-bond donors (Lipinski definition) is 2. The summed E-state index contributed by atoms with van der Waals surface area (Å²) in [6.07, 6.45) is 3.17. The summed E-state index contributed by atoms with van der Waals surface area (Å²) in [5.74, 6) is 0.151. The highest BCUT2D eigenvalue weighted by Gasteiger charge is 2.05. The Balaban J connectivity index is 2.09. The second-order valence-electron chi connectivity index (χ2n) is 4.44. The van der Waals surface area contributed by atoms with Crippen LogP contribution in [0.25, 0.3) is 0 Å². The van der Waals surface area contributed by atoms with Crippen molar-refractivity contribution in [2.45, 2.75) is 26.2 Å². The normalized spacial score (nSPS) is 9.85. The van der Waals surface area contributed by atoms with Gasteiger partial charge in [-0.2, -0.15) is 0 Å². The monoisotopic (exact) mass is 278 g/mol. The Kier molecular flexibility index (Phi) is 7.87. The molecule has 0 heterocycles. The maximum atomic E-state index is 11.5. The fourth-order valence-corrected chi connectivity index (χ4v) is 1.56. The van der Waals surface area contributed by atoms with Crippen LogP contribution in [0.5, 0.6) is 5.75 Å². The van der Waals surface area contributed by atoms with Gasteiger partial charge in [0.2, 0.25) is 5.91 Å². The average molecular weight is 278 g/mol. The van der Waals surface area contributed by atoms with Gasteiger partial charge < -0.3 is 15.4 Å². The maximum absolute atomic E-state index is 11.5. The summed E-state index contributed by atoms with van der Waals surface area (Å²) < 4.78 is 5.27. The second-order valence-corrected chi connectivity index (χ2v) is 4.44. The lowest BCUT2D eigenvalue weighted by Crippen LogP contribution is -2.39. The zero-order chi connectivity index (χ0) is 14.6. The van der Waals surface area contributed by atoms with Crippen LogP contribution in [-0.4, -0.2) is 31.5 Å². The number of benzene rings is 1. The number of carbonyl (C=O) groups is 2. The molecule has 0 radical (unpaired) electrons. The van der Waals surface area contributed by atoms with Crippen molar-refractivity contribution >= 4 is 11.8 Å². The third kappa shape index (κ3) is 7.41. The van der Waals surface area contributed by atoms with E-state index in [1.165, 1.54) is 0 Å². The Morgan fingerprint density at radius 2 is 1.80 bits per heavy atom. The summed E-state index contributed by atoms with van der Waals surface area (Å²) in [5.41, 5.74) is 0. The highest BCUT2D eigenvalue weighted by Crippen LogP contribution is 2.07. The van der Waals surface area contributed by atoms with Crippen LogP contribution in [0.3, 0.4) is 0 Å². The smallest absolute Gasteiger partial charge is 0.258 e. The molecule has 110 valence electrons. The number of unbranched alkanes of at least 4 members (excludes halogenated alkanes) is 2. The number of para-hydroxylation sites is 1. The van der Waals surface area contributed by atoms with Crippen LogP contribution in [0, 0.1) is 0 Å². The minimum atomic E-state index is -0.308. The van der Waals surface area contributed by atoms with E-state index in [2.05, 4.69) is 17.6 Å². The molecule has 0 atom stereocenters. The number of amides is 2. The molecule has 0 aliphatic rings. The largest absolute Gasteiger partial charge is 0.484 e. The minimum Gasteiger partial charge on any atom is -0.484 e. The summed E-state index contributed by atoms with van der Waals surface area (Å²) in [4.78, 5) is 22.9. The second kappa shape index (κ2) is 9.83. The van der Waals surface area contributed by atoms with Crippen LogP contribution in [0.15, 0.2) is 30.3 Å². The Labute approximate surface area is 119 Å². The molecule has 0 aliphatic heterocycles.